The Morgan fingerprint density at radius 1 is 1.06 bits per heavy atom. The lowest BCUT2D eigenvalue weighted by atomic mass is 10.3. The lowest BCUT2D eigenvalue weighted by Crippen LogP contribution is -1.89. The molecule has 1 heterocycles. The summed E-state index contributed by atoms with van der Waals surface area (Å²) < 4.78 is 1.14. The van der Waals surface area contributed by atoms with Gasteiger partial charge in [0.25, 0.3) is 0 Å². The van der Waals surface area contributed by atoms with Crippen LogP contribution in [0.1, 0.15) is 0 Å². The number of anilines is 2. The molecular formula is C13H8Cl2N2S. The van der Waals surface area contributed by atoms with Crippen molar-refractivity contribution in [1.82, 2.24) is 4.98 Å². The van der Waals surface area contributed by atoms with Crippen molar-refractivity contribution in [2.75, 3.05) is 5.32 Å². The van der Waals surface area contributed by atoms with E-state index in [2.05, 4.69) is 10.3 Å². The summed E-state index contributed by atoms with van der Waals surface area (Å²) in [4.78, 5) is 4.48. The van der Waals surface area contributed by atoms with Crippen LogP contribution in [0.5, 0.6) is 0 Å². The first-order valence-corrected chi connectivity index (χ1v) is 6.87. The fourth-order valence-electron chi connectivity index (χ4n) is 1.63. The molecule has 0 aliphatic heterocycles. The van der Waals surface area contributed by atoms with Crippen molar-refractivity contribution in [2.24, 2.45) is 0 Å². The third-order valence-electron chi connectivity index (χ3n) is 2.46. The molecular weight excluding hydrogens is 287 g/mol. The van der Waals surface area contributed by atoms with Crippen LogP contribution in [0, 0.1) is 0 Å². The van der Waals surface area contributed by atoms with Crippen LogP contribution in [0.2, 0.25) is 10.0 Å². The molecule has 0 aliphatic carbocycles. The van der Waals surface area contributed by atoms with Gasteiger partial charge in [0.1, 0.15) is 0 Å². The number of fused-ring (bicyclic) bond motifs is 1. The van der Waals surface area contributed by atoms with Crippen LogP contribution < -0.4 is 5.32 Å². The largest absolute Gasteiger partial charge is 0.330 e. The van der Waals surface area contributed by atoms with Crippen molar-refractivity contribution < 1.29 is 0 Å². The summed E-state index contributed by atoms with van der Waals surface area (Å²) in [5.74, 6) is 0. The predicted octanol–water partition coefficient (Wildman–Crippen LogP) is 5.35. The fourth-order valence-corrected chi connectivity index (χ4v) is 2.85. The van der Waals surface area contributed by atoms with E-state index in [0.29, 0.717) is 10.0 Å². The summed E-state index contributed by atoms with van der Waals surface area (Å²) in [6, 6.07) is 13.3. The lowest BCUT2D eigenvalue weighted by molar-refractivity contribution is 1.44. The molecule has 5 heteroatoms. The SMILES string of the molecule is Clc1ccc(Cl)c(Nc2nc3ccccc3s2)c1. The van der Waals surface area contributed by atoms with Crippen molar-refractivity contribution >= 4 is 55.6 Å². The van der Waals surface area contributed by atoms with Crippen molar-refractivity contribution in [1.29, 1.82) is 0 Å². The van der Waals surface area contributed by atoms with Crippen LogP contribution in [0.3, 0.4) is 0 Å². The standard InChI is InChI=1S/C13H8Cl2N2S/c14-8-5-6-9(15)11(7-8)17-13-16-10-3-1-2-4-12(10)18-13/h1-7H,(H,16,17). The van der Waals surface area contributed by atoms with Crippen LogP contribution >= 0.6 is 34.5 Å². The maximum absolute atomic E-state index is 6.10. The number of hydrogen-bond acceptors (Lipinski definition) is 3. The highest BCUT2D eigenvalue weighted by Gasteiger charge is 2.06. The number of nitrogens with zero attached hydrogens (tertiary/aromatic N) is 1. The Bertz CT molecular complexity index is 676. The third-order valence-corrected chi connectivity index (χ3v) is 3.98. The molecule has 0 aliphatic rings. The number of thiazole rings is 1. The highest BCUT2D eigenvalue weighted by molar-refractivity contribution is 7.22. The number of halogens is 2. The monoisotopic (exact) mass is 294 g/mol. The molecule has 3 rings (SSSR count). The molecule has 3 aromatic rings. The molecule has 0 bridgehead atoms. The van der Waals surface area contributed by atoms with Gasteiger partial charge in [0.15, 0.2) is 5.13 Å². The summed E-state index contributed by atoms with van der Waals surface area (Å²) in [6.45, 7) is 0. The van der Waals surface area contributed by atoms with Gasteiger partial charge < -0.3 is 5.32 Å². The average Bonchev–Trinajstić information content (AvgIpc) is 2.76. The average molecular weight is 295 g/mol. The van der Waals surface area contributed by atoms with E-state index < -0.39 is 0 Å². The molecule has 0 atom stereocenters. The highest BCUT2D eigenvalue weighted by Crippen LogP contribution is 2.32. The first kappa shape index (κ1) is 11.8. The Labute approximate surface area is 118 Å². The molecule has 1 N–H and O–H groups in total. The first-order valence-electron chi connectivity index (χ1n) is 5.30. The molecule has 0 amide bonds. The Hall–Kier alpha value is -1.29. The minimum Gasteiger partial charge on any atom is -0.330 e. The van der Waals surface area contributed by atoms with Crippen LogP contribution in [0.4, 0.5) is 10.8 Å². The van der Waals surface area contributed by atoms with E-state index >= 15 is 0 Å². The maximum atomic E-state index is 6.10. The number of para-hydroxylation sites is 1. The first-order chi connectivity index (χ1) is 8.72. The van der Waals surface area contributed by atoms with Crippen LogP contribution in [0.15, 0.2) is 42.5 Å². The van der Waals surface area contributed by atoms with Gasteiger partial charge in [0, 0.05) is 5.02 Å². The van der Waals surface area contributed by atoms with Crippen molar-refractivity contribution in [3.63, 3.8) is 0 Å². The zero-order valence-electron chi connectivity index (χ0n) is 9.15. The Balaban J connectivity index is 1.98. The molecule has 18 heavy (non-hydrogen) atoms. The fraction of sp³-hybridized carbons (Fsp3) is 0. The second-order valence-electron chi connectivity index (χ2n) is 3.74. The Kier molecular flexibility index (Phi) is 3.12. The Morgan fingerprint density at radius 3 is 2.72 bits per heavy atom. The van der Waals surface area contributed by atoms with Gasteiger partial charge in [-0.25, -0.2) is 4.98 Å². The summed E-state index contributed by atoms with van der Waals surface area (Å²) >= 11 is 13.6. The van der Waals surface area contributed by atoms with Gasteiger partial charge in [-0.1, -0.05) is 46.7 Å². The number of hydrogen-bond donors (Lipinski definition) is 1. The minimum absolute atomic E-state index is 0.624. The molecule has 0 spiro atoms. The van der Waals surface area contributed by atoms with Gasteiger partial charge in [0.2, 0.25) is 0 Å². The molecule has 1 aromatic heterocycles. The van der Waals surface area contributed by atoms with Crippen LogP contribution in [0.25, 0.3) is 10.2 Å². The number of benzene rings is 2. The maximum Gasteiger partial charge on any atom is 0.188 e. The van der Waals surface area contributed by atoms with E-state index in [0.717, 1.165) is 21.0 Å². The van der Waals surface area contributed by atoms with E-state index in [4.69, 9.17) is 23.2 Å². The predicted molar refractivity (Wildman–Crippen MR) is 79.4 cm³/mol. The zero-order chi connectivity index (χ0) is 12.5. The van der Waals surface area contributed by atoms with Gasteiger partial charge >= 0.3 is 0 Å². The number of nitrogens with one attached hydrogen (secondary N) is 1. The summed E-state index contributed by atoms with van der Waals surface area (Å²) in [5.41, 5.74) is 1.74. The van der Waals surface area contributed by atoms with Gasteiger partial charge in [-0.05, 0) is 30.3 Å². The smallest absolute Gasteiger partial charge is 0.188 e. The van der Waals surface area contributed by atoms with Crippen LogP contribution in [-0.4, -0.2) is 4.98 Å². The molecule has 2 aromatic carbocycles. The van der Waals surface area contributed by atoms with Crippen molar-refractivity contribution in [3.8, 4) is 0 Å². The van der Waals surface area contributed by atoms with Gasteiger partial charge in [-0.2, -0.15) is 0 Å². The molecule has 0 radical (unpaired) electrons. The van der Waals surface area contributed by atoms with E-state index in [-0.39, 0.29) is 0 Å². The van der Waals surface area contributed by atoms with Crippen LogP contribution in [-0.2, 0) is 0 Å². The summed E-state index contributed by atoms with van der Waals surface area (Å²) in [7, 11) is 0. The zero-order valence-corrected chi connectivity index (χ0v) is 11.5. The highest BCUT2D eigenvalue weighted by atomic mass is 35.5. The lowest BCUT2D eigenvalue weighted by Gasteiger charge is -2.04. The normalized spacial score (nSPS) is 10.8. The number of aromatic nitrogens is 1. The van der Waals surface area contributed by atoms with Gasteiger partial charge in [0.05, 0.1) is 20.9 Å². The van der Waals surface area contributed by atoms with E-state index in [9.17, 15) is 0 Å². The topological polar surface area (TPSA) is 24.9 Å². The van der Waals surface area contributed by atoms with Gasteiger partial charge in [-0.15, -0.1) is 0 Å². The van der Waals surface area contributed by atoms with Gasteiger partial charge in [-0.3, -0.25) is 0 Å². The summed E-state index contributed by atoms with van der Waals surface area (Å²) in [5, 5.41) is 5.26. The second kappa shape index (κ2) is 4.76. The molecule has 90 valence electrons. The van der Waals surface area contributed by atoms with E-state index in [1.165, 1.54) is 0 Å². The molecule has 0 saturated heterocycles. The molecule has 0 unspecified atom stereocenters. The number of rotatable bonds is 2. The van der Waals surface area contributed by atoms with E-state index in [1.807, 2.05) is 24.3 Å². The van der Waals surface area contributed by atoms with Crippen molar-refractivity contribution in [3.05, 3.63) is 52.5 Å². The Morgan fingerprint density at radius 2 is 1.89 bits per heavy atom. The van der Waals surface area contributed by atoms with Crippen molar-refractivity contribution in [2.45, 2.75) is 0 Å². The second-order valence-corrected chi connectivity index (χ2v) is 5.61. The minimum atomic E-state index is 0.624. The quantitative estimate of drug-likeness (QED) is 0.689. The van der Waals surface area contributed by atoms with E-state index in [1.54, 1.807) is 29.5 Å². The molecule has 0 fully saturated rings. The molecule has 2 nitrogen and oxygen atoms in total. The third kappa shape index (κ3) is 2.29. The summed E-state index contributed by atoms with van der Waals surface area (Å²) in [6.07, 6.45) is 0. The molecule has 0 saturated carbocycles.